The van der Waals surface area contributed by atoms with Gasteiger partial charge in [0, 0.05) is 28.1 Å². The Bertz CT molecular complexity index is 1110. The second kappa shape index (κ2) is 11.3. The van der Waals surface area contributed by atoms with Gasteiger partial charge >= 0.3 is 0 Å². The molecule has 4 rings (SSSR count). The van der Waals surface area contributed by atoms with Crippen LogP contribution < -0.4 is 4.74 Å². The van der Waals surface area contributed by atoms with Crippen molar-refractivity contribution in [3.05, 3.63) is 100 Å². The summed E-state index contributed by atoms with van der Waals surface area (Å²) in [6.45, 7) is 3.89. The number of hydrogen-bond acceptors (Lipinski definition) is 3. The van der Waals surface area contributed by atoms with Crippen molar-refractivity contribution in [1.29, 1.82) is 0 Å². The van der Waals surface area contributed by atoms with E-state index in [2.05, 4.69) is 37.5 Å². The van der Waals surface area contributed by atoms with Crippen LogP contribution in [0.25, 0.3) is 10.9 Å². The number of benzene rings is 3. The standard InChI is InChI=1S/C22H17BrFNO.C3H6O2/c23-21-14-25(13-16-6-8-18(24)9-7-16)22-11-10-19(12-20(21)22)26-15-17-4-2-1-3-5-17;1-2-5-3-4/h1-12,14H,13,15H2;3H,2H2,1H3. The van der Waals surface area contributed by atoms with Gasteiger partial charge in [0.25, 0.3) is 6.47 Å². The zero-order valence-corrected chi connectivity index (χ0v) is 18.7. The number of halogens is 2. The molecule has 0 N–H and O–H groups in total. The highest BCUT2D eigenvalue weighted by molar-refractivity contribution is 9.10. The minimum atomic E-state index is -0.215. The number of fused-ring (bicyclic) bond motifs is 1. The molecule has 0 spiro atoms. The molecule has 6 heteroatoms. The van der Waals surface area contributed by atoms with Crippen LogP contribution >= 0.6 is 15.9 Å². The van der Waals surface area contributed by atoms with Gasteiger partial charge in [-0.3, -0.25) is 4.79 Å². The van der Waals surface area contributed by atoms with E-state index in [1.807, 2.05) is 54.6 Å². The molecule has 4 nitrogen and oxygen atoms in total. The summed E-state index contributed by atoms with van der Waals surface area (Å²) in [7, 11) is 0. The van der Waals surface area contributed by atoms with Crippen molar-refractivity contribution in [2.75, 3.05) is 6.61 Å². The molecule has 1 aromatic heterocycles. The molecule has 0 saturated carbocycles. The molecule has 31 heavy (non-hydrogen) atoms. The monoisotopic (exact) mass is 483 g/mol. The van der Waals surface area contributed by atoms with Crippen LogP contribution in [0, 0.1) is 5.82 Å². The van der Waals surface area contributed by atoms with Gasteiger partial charge in [-0.15, -0.1) is 0 Å². The number of aromatic nitrogens is 1. The summed E-state index contributed by atoms with van der Waals surface area (Å²) in [6.07, 6.45) is 2.05. The maximum atomic E-state index is 13.1. The minimum Gasteiger partial charge on any atom is -0.489 e. The molecule has 0 aliphatic heterocycles. The van der Waals surface area contributed by atoms with E-state index in [0.29, 0.717) is 26.2 Å². The molecule has 0 saturated heterocycles. The second-order valence-corrected chi connectivity index (χ2v) is 7.59. The molecule has 0 radical (unpaired) electrons. The van der Waals surface area contributed by atoms with Gasteiger partial charge in [-0.25, -0.2) is 4.39 Å². The maximum Gasteiger partial charge on any atom is 0.293 e. The molecular formula is C25H23BrFNO3. The highest BCUT2D eigenvalue weighted by Crippen LogP contribution is 2.30. The van der Waals surface area contributed by atoms with Gasteiger partial charge in [0.2, 0.25) is 0 Å². The molecule has 0 atom stereocenters. The molecule has 0 aliphatic rings. The molecule has 0 aliphatic carbocycles. The smallest absolute Gasteiger partial charge is 0.293 e. The van der Waals surface area contributed by atoms with Gasteiger partial charge < -0.3 is 14.0 Å². The molecular weight excluding hydrogens is 461 g/mol. The van der Waals surface area contributed by atoms with Crippen molar-refractivity contribution in [2.45, 2.75) is 20.1 Å². The first kappa shape index (κ1) is 22.6. The van der Waals surface area contributed by atoms with Crippen LogP contribution in [0.3, 0.4) is 0 Å². The first-order valence-electron chi connectivity index (χ1n) is 9.85. The van der Waals surface area contributed by atoms with Crippen molar-refractivity contribution in [3.8, 4) is 5.75 Å². The quantitative estimate of drug-likeness (QED) is 0.287. The van der Waals surface area contributed by atoms with Crippen LogP contribution in [0.4, 0.5) is 4.39 Å². The third-order valence-electron chi connectivity index (χ3n) is 4.55. The first-order chi connectivity index (χ1) is 15.1. The predicted octanol–water partition coefficient (Wildman–Crippen LogP) is 6.35. The van der Waals surface area contributed by atoms with Crippen molar-refractivity contribution in [1.82, 2.24) is 4.57 Å². The van der Waals surface area contributed by atoms with Gasteiger partial charge in [0.15, 0.2) is 0 Å². The van der Waals surface area contributed by atoms with Crippen LogP contribution in [-0.2, 0) is 22.7 Å². The highest BCUT2D eigenvalue weighted by atomic mass is 79.9. The van der Waals surface area contributed by atoms with Crippen molar-refractivity contribution in [2.24, 2.45) is 0 Å². The summed E-state index contributed by atoms with van der Waals surface area (Å²) in [5.74, 6) is 0.620. The lowest BCUT2D eigenvalue weighted by Crippen LogP contribution is -1.98. The molecule has 4 aromatic rings. The largest absolute Gasteiger partial charge is 0.489 e. The number of carbonyl (C=O) groups excluding carboxylic acids is 1. The molecule has 1 heterocycles. The Morgan fingerprint density at radius 2 is 1.74 bits per heavy atom. The Morgan fingerprint density at radius 1 is 1.00 bits per heavy atom. The fourth-order valence-electron chi connectivity index (χ4n) is 3.05. The first-order valence-corrected chi connectivity index (χ1v) is 10.6. The Hall–Kier alpha value is -3.12. The second-order valence-electron chi connectivity index (χ2n) is 6.74. The van der Waals surface area contributed by atoms with Crippen molar-refractivity contribution >= 4 is 33.3 Å². The zero-order valence-electron chi connectivity index (χ0n) is 17.1. The van der Waals surface area contributed by atoms with Gasteiger partial charge in [-0.1, -0.05) is 42.5 Å². The number of hydrogen-bond donors (Lipinski definition) is 0. The van der Waals surface area contributed by atoms with Crippen LogP contribution in [0.5, 0.6) is 5.75 Å². The fraction of sp³-hybridized carbons (Fsp3) is 0.160. The van der Waals surface area contributed by atoms with E-state index >= 15 is 0 Å². The van der Waals surface area contributed by atoms with E-state index in [0.717, 1.165) is 32.3 Å². The summed E-state index contributed by atoms with van der Waals surface area (Å²) in [6, 6.07) is 22.8. The normalized spacial score (nSPS) is 10.3. The minimum absolute atomic E-state index is 0.215. The topological polar surface area (TPSA) is 40.5 Å². The van der Waals surface area contributed by atoms with Gasteiger partial charge in [0.1, 0.15) is 18.2 Å². The lowest BCUT2D eigenvalue weighted by molar-refractivity contribution is -0.128. The zero-order chi connectivity index (χ0) is 22.1. The number of rotatable bonds is 7. The maximum absolute atomic E-state index is 13.1. The Balaban J connectivity index is 0.000000491. The van der Waals surface area contributed by atoms with Crippen LogP contribution in [-0.4, -0.2) is 17.6 Å². The average Bonchev–Trinajstić information content (AvgIpc) is 3.10. The van der Waals surface area contributed by atoms with Crippen LogP contribution in [0.1, 0.15) is 18.1 Å². The number of carbonyl (C=O) groups is 1. The van der Waals surface area contributed by atoms with Crippen LogP contribution in [0.15, 0.2) is 83.5 Å². The van der Waals surface area contributed by atoms with Gasteiger partial charge in [-0.2, -0.15) is 0 Å². The Morgan fingerprint density at radius 3 is 2.39 bits per heavy atom. The Kier molecular flexibility index (Phi) is 8.24. The molecule has 0 fully saturated rings. The van der Waals surface area contributed by atoms with E-state index in [9.17, 15) is 9.18 Å². The van der Waals surface area contributed by atoms with E-state index in [-0.39, 0.29) is 5.82 Å². The summed E-state index contributed by atoms with van der Waals surface area (Å²) >= 11 is 3.64. The third kappa shape index (κ3) is 6.43. The van der Waals surface area contributed by atoms with Crippen molar-refractivity contribution < 1.29 is 18.7 Å². The summed E-state index contributed by atoms with van der Waals surface area (Å²) in [4.78, 5) is 9.18. The molecule has 160 valence electrons. The summed E-state index contributed by atoms with van der Waals surface area (Å²) in [5, 5.41) is 1.10. The lowest BCUT2D eigenvalue weighted by Gasteiger charge is -2.08. The Labute approximate surface area is 189 Å². The van der Waals surface area contributed by atoms with E-state index in [4.69, 9.17) is 4.74 Å². The summed E-state index contributed by atoms with van der Waals surface area (Å²) < 4.78 is 26.3. The van der Waals surface area contributed by atoms with Gasteiger partial charge in [0.05, 0.1) is 6.61 Å². The van der Waals surface area contributed by atoms with E-state index < -0.39 is 0 Å². The average molecular weight is 484 g/mol. The predicted molar refractivity (Wildman–Crippen MR) is 124 cm³/mol. The lowest BCUT2D eigenvalue weighted by atomic mass is 10.2. The van der Waals surface area contributed by atoms with E-state index in [1.165, 1.54) is 12.1 Å². The molecule has 0 unspecified atom stereocenters. The van der Waals surface area contributed by atoms with Crippen molar-refractivity contribution in [3.63, 3.8) is 0 Å². The highest BCUT2D eigenvalue weighted by Gasteiger charge is 2.09. The number of ether oxygens (including phenoxy) is 2. The fourth-order valence-corrected chi connectivity index (χ4v) is 3.61. The summed E-state index contributed by atoms with van der Waals surface area (Å²) in [5.41, 5.74) is 3.30. The number of nitrogens with zero attached hydrogens (tertiary/aromatic N) is 1. The molecule has 0 amide bonds. The van der Waals surface area contributed by atoms with Crippen LogP contribution in [0.2, 0.25) is 0 Å². The molecule has 3 aromatic carbocycles. The van der Waals surface area contributed by atoms with E-state index in [1.54, 1.807) is 6.92 Å². The SMILES string of the molecule is CCOC=O.Fc1ccc(Cn2cc(Br)c3cc(OCc4ccccc4)ccc32)cc1. The molecule has 0 bridgehead atoms. The van der Waals surface area contributed by atoms with Gasteiger partial charge in [-0.05, 0) is 64.3 Å². The third-order valence-corrected chi connectivity index (χ3v) is 5.19.